The topological polar surface area (TPSA) is 3.24 Å². The first-order valence-electron chi connectivity index (χ1n) is 16.5. The molecule has 0 aliphatic rings. The first-order valence-corrected chi connectivity index (χ1v) is 20.7. The Morgan fingerprint density at radius 2 is 0.667 bits per heavy atom. The van der Waals surface area contributed by atoms with Crippen LogP contribution in [-0.4, -0.2) is 13.3 Å². The molecule has 2 heteroatoms. The Kier molecular flexibility index (Phi) is 8.20. The molecule has 0 N–H and O–H groups in total. The molecule has 8 aromatic carbocycles. The molecule has 0 bridgehead atoms. The van der Waals surface area contributed by atoms with Crippen LogP contribution in [0.15, 0.2) is 212 Å². The van der Waals surface area contributed by atoms with Crippen LogP contribution in [0, 0.1) is 0 Å². The Balaban J connectivity index is 1.31. The van der Waals surface area contributed by atoms with Crippen molar-refractivity contribution in [2.45, 2.75) is 0 Å². The van der Waals surface area contributed by atoms with Crippen molar-refractivity contribution in [3.05, 3.63) is 212 Å². The van der Waals surface area contributed by atoms with E-state index in [9.17, 15) is 0 Å². The zero-order valence-corrected chi connectivity index (χ0v) is 28.8. The SMILES string of the molecule is c1ccc(N(c2ccccc2)c2ccc(-c3cc[c]([Ge]([c]4ccccc4)([c]4ccccc4)[c]4ccccc4)c4ccccc34)cc2)cc1. The molecular weight excluding hydrogens is 639 g/mol. The number of rotatable bonds is 8. The first kappa shape index (κ1) is 29.7. The Bertz CT molecular complexity index is 2120. The maximum atomic E-state index is 2.44. The molecule has 0 aliphatic heterocycles. The molecule has 0 atom stereocenters. The van der Waals surface area contributed by atoms with Crippen LogP contribution in [0.2, 0.25) is 0 Å². The Morgan fingerprint density at radius 3 is 1.12 bits per heavy atom. The van der Waals surface area contributed by atoms with E-state index in [1.54, 1.807) is 0 Å². The van der Waals surface area contributed by atoms with Crippen molar-refractivity contribution in [1.82, 2.24) is 0 Å². The Labute approximate surface area is 285 Å². The number of anilines is 3. The van der Waals surface area contributed by atoms with Crippen molar-refractivity contribution >= 4 is 58.7 Å². The second-order valence-corrected chi connectivity index (χ2v) is 20.0. The van der Waals surface area contributed by atoms with Crippen molar-refractivity contribution in [1.29, 1.82) is 0 Å². The summed E-state index contributed by atoms with van der Waals surface area (Å²) in [5, 5.41) is 2.61. The molecule has 0 aliphatic carbocycles. The van der Waals surface area contributed by atoms with Crippen LogP contribution in [0.25, 0.3) is 21.9 Å². The Morgan fingerprint density at radius 1 is 0.292 bits per heavy atom. The van der Waals surface area contributed by atoms with Gasteiger partial charge in [0.2, 0.25) is 0 Å². The molecule has 0 saturated carbocycles. The summed E-state index contributed by atoms with van der Waals surface area (Å²) in [4.78, 5) is 2.31. The average Bonchev–Trinajstić information content (AvgIpc) is 3.18. The first-order chi connectivity index (χ1) is 23.8. The van der Waals surface area contributed by atoms with E-state index in [-0.39, 0.29) is 0 Å². The maximum absolute atomic E-state index is 3.46. The van der Waals surface area contributed by atoms with Crippen LogP contribution in [0.1, 0.15) is 0 Å². The summed E-state index contributed by atoms with van der Waals surface area (Å²) in [6, 6.07) is 77.8. The molecule has 0 aromatic heterocycles. The van der Waals surface area contributed by atoms with Gasteiger partial charge in [0.1, 0.15) is 0 Å². The fourth-order valence-electron chi connectivity index (χ4n) is 7.30. The van der Waals surface area contributed by atoms with Gasteiger partial charge in [0.05, 0.1) is 0 Å². The van der Waals surface area contributed by atoms with E-state index >= 15 is 0 Å². The Hall–Kier alpha value is -5.64. The van der Waals surface area contributed by atoms with Gasteiger partial charge in [-0.05, 0) is 0 Å². The fraction of sp³-hybridized carbons (Fsp3) is 0. The predicted octanol–water partition coefficient (Wildman–Crippen LogP) is 9.35. The van der Waals surface area contributed by atoms with Crippen LogP contribution >= 0.6 is 0 Å². The molecule has 8 rings (SSSR count). The fourth-order valence-corrected chi connectivity index (χ4v) is 17.7. The van der Waals surface area contributed by atoms with Crippen molar-refractivity contribution in [2.24, 2.45) is 0 Å². The summed E-state index contributed by atoms with van der Waals surface area (Å²) in [5.74, 6) is 0. The van der Waals surface area contributed by atoms with Gasteiger partial charge in [0.25, 0.3) is 0 Å². The molecule has 0 saturated heterocycles. The van der Waals surface area contributed by atoms with Gasteiger partial charge in [-0.15, -0.1) is 0 Å². The number of hydrogen-bond acceptors (Lipinski definition) is 1. The third kappa shape index (κ3) is 5.33. The van der Waals surface area contributed by atoms with E-state index < -0.39 is 13.3 Å². The summed E-state index contributed by atoms with van der Waals surface area (Å²) in [7, 11) is 0. The average molecular weight is 674 g/mol. The standard InChI is InChI=1S/C46H35GeN/c1-6-18-37(19-7-1)47(38-20-8-2-9-21-38,39-22-10-3-11-23-39)46-35-34-43(44-28-16-17-29-45(44)46)36-30-32-42(33-31-36)48(40-24-12-4-13-25-40)41-26-14-5-15-27-41/h1-35H. The van der Waals surface area contributed by atoms with Gasteiger partial charge in [-0.25, -0.2) is 0 Å². The zero-order valence-electron chi connectivity index (χ0n) is 26.7. The minimum atomic E-state index is -3.46. The summed E-state index contributed by atoms with van der Waals surface area (Å²) in [6.07, 6.45) is 0. The second-order valence-electron chi connectivity index (χ2n) is 12.1. The summed E-state index contributed by atoms with van der Waals surface area (Å²) in [6.45, 7) is 0. The van der Waals surface area contributed by atoms with E-state index in [2.05, 4.69) is 217 Å². The van der Waals surface area contributed by atoms with E-state index in [1.807, 2.05) is 0 Å². The van der Waals surface area contributed by atoms with Gasteiger partial charge >= 0.3 is 275 Å². The normalized spacial score (nSPS) is 11.3. The van der Waals surface area contributed by atoms with Gasteiger partial charge in [0, 0.05) is 0 Å². The van der Waals surface area contributed by atoms with E-state index in [0.717, 1.165) is 17.1 Å². The molecule has 48 heavy (non-hydrogen) atoms. The van der Waals surface area contributed by atoms with Gasteiger partial charge in [0.15, 0.2) is 0 Å². The molecule has 0 spiro atoms. The van der Waals surface area contributed by atoms with Gasteiger partial charge in [-0.3, -0.25) is 0 Å². The molecule has 0 amide bonds. The zero-order chi connectivity index (χ0) is 32.2. The molecule has 228 valence electrons. The van der Waals surface area contributed by atoms with Crippen LogP contribution in [0.4, 0.5) is 17.1 Å². The van der Waals surface area contributed by atoms with Crippen LogP contribution in [0.3, 0.4) is 0 Å². The van der Waals surface area contributed by atoms with Gasteiger partial charge in [-0.2, -0.15) is 0 Å². The van der Waals surface area contributed by atoms with Gasteiger partial charge < -0.3 is 0 Å². The third-order valence-electron chi connectivity index (χ3n) is 9.41. The van der Waals surface area contributed by atoms with E-state index in [1.165, 1.54) is 39.5 Å². The van der Waals surface area contributed by atoms with E-state index in [0.29, 0.717) is 0 Å². The van der Waals surface area contributed by atoms with Crippen molar-refractivity contribution in [2.75, 3.05) is 4.90 Å². The van der Waals surface area contributed by atoms with Gasteiger partial charge in [-0.1, -0.05) is 12.1 Å². The second kappa shape index (κ2) is 13.2. The minimum absolute atomic E-state index is 1.13. The van der Waals surface area contributed by atoms with Crippen LogP contribution in [0.5, 0.6) is 0 Å². The molecule has 0 unspecified atom stereocenters. The van der Waals surface area contributed by atoms with E-state index in [4.69, 9.17) is 0 Å². The number of nitrogens with zero attached hydrogens (tertiary/aromatic N) is 1. The van der Waals surface area contributed by atoms with Crippen LogP contribution < -0.4 is 22.5 Å². The molecule has 0 fully saturated rings. The molecular formula is C46H35GeN. The summed E-state index contributed by atoms with van der Waals surface area (Å²) >= 11 is -3.46. The van der Waals surface area contributed by atoms with Crippen molar-refractivity contribution < 1.29 is 0 Å². The number of para-hydroxylation sites is 2. The number of fused-ring (bicyclic) bond motifs is 1. The number of benzene rings is 8. The number of hydrogen-bond donors (Lipinski definition) is 0. The van der Waals surface area contributed by atoms with Crippen molar-refractivity contribution in [3.63, 3.8) is 0 Å². The quantitative estimate of drug-likeness (QED) is 0.145. The summed E-state index contributed by atoms with van der Waals surface area (Å²) < 4.78 is 5.74. The predicted molar refractivity (Wildman–Crippen MR) is 208 cm³/mol. The van der Waals surface area contributed by atoms with Crippen LogP contribution in [-0.2, 0) is 0 Å². The third-order valence-corrected chi connectivity index (χ3v) is 19.6. The molecule has 0 heterocycles. The molecule has 1 nitrogen and oxygen atoms in total. The van der Waals surface area contributed by atoms with Crippen molar-refractivity contribution in [3.8, 4) is 11.1 Å². The summed E-state index contributed by atoms with van der Waals surface area (Å²) in [5.41, 5.74) is 5.86. The monoisotopic (exact) mass is 675 g/mol. The molecule has 8 aromatic rings. The molecule has 0 radical (unpaired) electrons.